The van der Waals surface area contributed by atoms with Crippen molar-refractivity contribution < 1.29 is 28.6 Å². The predicted molar refractivity (Wildman–Crippen MR) is 110 cm³/mol. The van der Waals surface area contributed by atoms with Crippen LogP contribution in [-0.2, 0) is 4.79 Å². The van der Waals surface area contributed by atoms with Crippen LogP contribution in [0.4, 0.5) is 0 Å². The Morgan fingerprint density at radius 2 is 1.37 bits per heavy atom. The zero-order valence-electron chi connectivity index (χ0n) is 17.5. The van der Waals surface area contributed by atoms with Crippen molar-refractivity contribution in [3.63, 3.8) is 0 Å². The van der Waals surface area contributed by atoms with Crippen molar-refractivity contribution in [2.45, 2.75) is 19.9 Å². The van der Waals surface area contributed by atoms with E-state index in [4.69, 9.17) is 14.2 Å². The van der Waals surface area contributed by atoms with Crippen molar-refractivity contribution in [2.75, 3.05) is 21.3 Å². The molecule has 9 heteroatoms. The zero-order chi connectivity index (χ0) is 22.3. The Labute approximate surface area is 174 Å². The average molecular weight is 415 g/mol. The number of hydrogen-bond acceptors (Lipinski definition) is 6. The van der Waals surface area contributed by atoms with Gasteiger partial charge in [-0.1, -0.05) is 17.7 Å². The highest BCUT2D eigenvalue weighted by Crippen LogP contribution is 2.38. The fourth-order valence-electron chi connectivity index (χ4n) is 2.56. The normalized spacial score (nSPS) is 11.1. The smallest absolute Gasteiger partial charge is 0.269 e. The van der Waals surface area contributed by atoms with Gasteiger partial charge in [-0.15, -0.1) is 0 Å². The summed E-state index contributed by atoms with van der Waals surface area (Å²) in [5.41, 5.74) is 6.24. The molecule has 0 spiro atoms. The van der Waals surface area contributed by atoms with Crippen molar-refractivity contribution in [1.82, 2.24) is 16.2 Å². The van der Waals surface area contributed by atoms with Crippen LogP contribution < -0.4 is 30.4 Å². The lowest BCUT2D eigenvalue weighted by Crippen LogP contribution is -2.51. The van der Waals surface area contributed by atoms with Crippen molar-refractivity contribution >= 4 is 17.7 Å². The molecule has 0 radical (unpaired) electrons. The third-order valence-corrected chi connectivity index (χ3v) is 4.28. The summed E-state index contributed by atoms with van der Waals surface area (Å²) in [5.74, 6) is -0.611. The maximum absolute atomic E-state index is 12.6. The highest BCUT2D eigenvalue weighted by Gasteiger charge is 2.21. The standard InChI is InChI=1S/C21H25N3O6/c1-12-6-8-14(9-7-12)21(27)24-23-19(25)13(2)22-20(26)15-10-16(28-3)18(30-5)17(11-15)29-4/h6-11,13H,1-5H3,(H,22,26)(H,23,25)(H,24,27)/t13-/m0/s1. The third kappa shape index (κ3) is 5.40. The number of ether oxygens (including phenoxy) is 3. The number of carbonyl (C=O) groups excluding carboxylic acids is 3. The van der Waals surface area contributed by atoms with Crippen LogP contribution in [0.15, 0.2) is 36.4 Å². The molecular formula is C21H25N3O6. The Kier molecular flexibility index (Phi) is 7.62. The summed E-state index contributed by atoms with van der Waals surface area (Å²) in [6.07, 6.45) is 0. The lowest BCUT2D eigenvalue weighted by Gasteiger charge is -2.17. The summed E-state index contributed by atoms with van der Waals surface area (Å²) in [4.78, 5) is 36.9. The van der Waals surface area contributed by atoms with Crippen LogP contribution in [0.2, 0.25) is 0 Å². The minimum Gasteiger partial charge on any atom is -0.493 e. The molecule has 2 aromatic carbocycles. The molecule has 0 aliphatic rings. The van der Waals surface area contributed by atoms with Crippen LogP contribution in [0.25, 0.3) is 0 Å². The van der Waals surface area contributed by atoms with Crippen LogP contribution in [-0.4, -0.2) is 45.1 Å². The zero-order valence-corrected chi connectivity index (χ0v) is 17.5. The predicted octanol–water partition coefficient (Wildman–Crippen LogP) is 1.60. The second kappa shape index (κ2) is 10.1. The summed E-state index contributed by atoms with van der Waals surface area (Å²) in [6, 6.07) is 8.89. The van der Waals surface area contributed by atoms with Gasteiger partial charge in [0.1, 0.15) is 6.04 Å². The first-order chi connectivity index (χ1) is 14.3. The molecule has 0 aromatic heterocycles. The van der Waals surface area contributed by atoms with E-state index in [0.717, 1.165) is 5.56 Å². The van der Waals surface area contributed by atoms with E-state index in [1.807, 2.05) is 6.92 Å². The number of amides is 3. The van der Waals surface area contributed by atoms with E-state index in [2.05, 4.69) is 16.2 Å². The minimum atomic E-state index is -0.921. The van der Waals surface area contributed by atoms with Gasteiger partial charge in [0.05, 0.1) is 21.3 Å². The van der Waals surface area contributed by atoms with E-state index < -0.39 is 23.8 Å². The molecule has 2 aromatic rings. The van der Waals surface area contributed by atoms with E-state index in [0.29, 0.717) is 22.8 Å². The van der Waals surface area contributed by atoms with Crippen LogP contribution in [0.5, 0.6) is 17.2 Å². The van der Waals surface area contributed by atoms with Gasteiger partial charge in [-0.25, -0.2) is 0 Å². The Balaban J connectivity index is 2.00. The van der Waals surface area contributed by atoms with Crippen LogP contribution in [0.1, 0.15) is 33.2 Å². The summed E-state index contributed by atoms with van der Waals surface area (Å²) in [7, 11) is 4.33. The maximum Gasteiger partial charge on any atom is 0.269 e. The van der Waals surface area contributed by atoms with E-state index in [9.17, 15) is 14.4 Å². The van der Waals surface area contributed by atoms with Crippen molar-refractivity contribution in [3.05, 3.63) is 53.1 Å². The summed E-state index contributed by atoms with van der Waals surface area (Å²) in [5, 5.41) is 2.55. The second-order valence-corrected chi connectivity index (χ2v) is 6.42. The van der Waals surface area contributed by atoms with Crippen molar-refractivity contribution in [1.29, 1.82) is 0 Å². The minimum absolute atomic E-state index is 0.216. The summed E-state index contributed by atoms with van der Waals surface area (Å²) < 4.78 is 15.7. The monoisotopic (exact) mass is 415 g/mol. The van der Waals surface area contributed by atoms with Gasteiger partial charge in [0.25, 0.3) is 17.7 Å². The Bertz CT molecular complexity index is 902. The highest BCUT2D eigenvalue weighted by molar-refractivity contribution is 5.99. The first-order valence-electron chi connectivity index (χ1n) is 9.08. The van der Waals surface area contributed by atoms with E-state index >= 15 is 0 Å². The van der Waals surface area contributed by atoms with Gasteiger partial charge in [-0.3, -0.25) is 25.2 Å². The van der Waals surface area contributed by atoms with E-state index in [1.54, 1.807) is 24.3 Å². The number of benzene rings is 2. The number of hydrazine groups is 1. The van der Waals surface area contributed by atoms with Gasteiger partial charge in [-0.2, -0.15) is 0 Å². The number of nitrogens with one attached hydrogen (secondary N) is 3. The molecule has 0 bridgehead atoms. The molecule has 0 saturated heterocycles. The van der Waals surface area contributed by atoms with Gasteiger partial charge in [0.15, 0.2) is 11.5 Å². The molecule has 0 aliphatic carbocycles. The number of hydrogen-bond donors (Lipinski definition) is 3. The first-order valence-corrected chi connectivity index (χ1v) is 9.08. The second-order valence-electron chi connectivity index (χ2n) is 6.42. The molecule has 3 N–H and O–H groups in total. The van der Waals surface area contributed by atoms with E-state index in [1.165, 1.54) is 40.4 Å². The fourth-order valence-corrected chi connectivity index (χ4v) is 2.56. The lowest BCUT2D eigenvalue weighted by atomic mass is 10.1. The van der Waals surface area contributed by atoms with Crippen LogP contribution >= 0.6 is 0 Å². The highest BCUT2D eigenvalue weighted by atomic mass is 16.5. The average Bonchev–Trinajstić information content (AvgIpc) is 2.76. The molecule has 0 saturated carbocycles. The summed E-state index contributed by atoms with van der Waals surface area (Å²) >= 11 is 0. The Morgan fingerprint density at radius 1 is 0.800 bits per heavy atom. The number of rotatable bonds is 7. The molecule has 9 nitrogen and oxygen atoms in total. The topological polar surface area (TPSA) is 115 Å². The van der Waals surface area contributed by atoms with Crippen molar-refractivity contribution in [2.24, 2.45) is 0 Å². The molecule has 0 unspecified atom stereocenters. The molecule has 0 heterocycles. The molecule has 0 aliphatic heterocycles. The molecular weight excluding hydrogens is 390 g/mol. The molecule has 1 atom stereocenters. The Hall–Kier alpha value is -3.75. The quantitative estimate of drug-likeness (QED) is 0.592. The van der Waals surface area contributed by atoms with Gasteiger partial charge in [0.2, 0.25) is 5.75 Å². The summed E-state index contributed by atoms with van der Waals surface area (Å²) in [6.45, 7) is 3.39. The lowest BCUT2D eigenvalue weighted by molar-refractivity contribution is -0.123. The van der Waals surface area contributed by atoms with Gasteiger partial charge >= 0.3 is 0 Å². The molecule has 160 valence electrons. The number of aryl methyl sites for hydroxylation is 1. The molecule has 0 fully saturated rings. The Morgan fingerprint density at radius 3 is 1.87 bits per heavy atom. The molecule has 2 rings (SSSR count). The van der Waals surface area contributed by atoms with Gasteiger partial charge < -0.3 is 19.5 Å². The molecule has 30 heavy (non-hydrogen) atoms. The van der Waals surface area contributed by atoms with Crippen molar-refractivity contribution in [3.8, 4) is 17.2 Å². The molecule has 3 amide bonds. The van der Waals surface area contributed by atoms with Crippen LogP contribution in [0.3, 0.4) is 0 Å². The number of methoxy groups -OCH3 is 3. The SMILES string of the molecule is COc1cc(C(=O)N[C@@H](C)C(=O)NNC(=O)c2ccc(C)cc2)cc(OC)c1OC. The third-order valence-electron chi connectivity index (χ3n) is 4.28. The number of carbonyl (C=O) groups is 3. The first kappa shape index (κ1) is 22.5. The maximum atomic E-state index is 12.6. The van der Waals surface area contributed by atoms with Gasteiger partial charge in [0, 0.05) is 11.1 Å². The van der Waals surface area contributed by atoms with E-state index in [-0.39, 0.29) is 5.56 Å². The fraction of sp³-hybridized carbons (Fsp3) is 0.286. The van der Waals surface area contributed by atoms with Gasteiger partial charge in [-0.05, 0) is 38.1 Å². The van der Waals surface area contributed by atoms with Crippen LogP contribution in [0, 0.1) is 6.92 Å². The largest absolute Gasteiger partial charge is 0.493 e.